The minimum Gasteiger partial charge on any atom is -0.377 e. The summed E-state index contributed by atoms with van der Waals surface area (Å²) < 4.78 is 47.3. The Morgan fingerprint density at radius 2 is 1.96 bits per heavy atom. The van der Waals surface area contributed by atoms with Crippen molar-refractivity contribution >= 4 is 10.0 Å². The number of nitrogens with zero attached hydrogens (tertiary/aromatic N) is 4. The number of aromatic nitrogens is 3. The summed E-state index contributed by atoms with van der Waals surface area (Å²) in [6.45, 7) is 2.90. The van der Waals surface area contributed by atoms with E-state index >= 15 is 0 Å². The van der Waals surface area contributed by atoms with E-state index in [1.54, 1.807) is 7.11 Å². The summed E-state index contributed by atoms with van der Waals surface area (Å²) in [5.74, 6) is 0.959. The number of halogens is 1. The first kappa shape index (κ1) is 17.0. The van der Waals surface area contributed by atoms with Crippen molar-refractivity contribution in [3.63, 3.8) is 0 Å². The Kier molecular flexibility index (Phi) is 4.66. The summed E-state index contributed by atoms with van der Waals surface area (Å²) in [6.07, 6.45) is 0.455. The molecule has 2 heterocycles. The molecule has 0 radical (unpaired) electrons. The van der Waals surface area contributed by atoms with E-state index in [1.807, 2.05) is 11.5 Å². The van der Waals surface area contributed by atoms with Gasteiger partial charge in [0.15, 0.2) is 5.82 Å². The molecule has 1 aliphatic rings. The largest absolute Gasteiger partial charge is 0.377 e. The molecule has 1 aromatic heterocycles. The fourth-order valence-electron chi connectivity index (χ4n) is 2.90. The third-order valence-electron chi connectivity index (χ3n) is 4.11. The van der Waals surface area contributed by atoms with Crippen LogP contribution in [0.15, 0.2) is 29.2 Å². The van der Waals surface area contributed by atoms with Gasteiger partial charge in [-0.2, -0.15) is 4.31 Å². The highest BCUT2D eigenvalue weighted by molar-refractivity contribution is 7.89. The number of rotatable bonds is 4. The molecule has 0 amide bonds. The molecule has 1 aliphatic heterocycles. The summed E-state index contributed by atoms with van der Waals surface area (Å²) in [5, 5.41) is 8.25. The van der Waals surface area contributed by atoms with Gasteiger partial charge in [-0.15, -0.1) is 10.2 Å². The van der Waals surface area contributed by atoms with E-state index in [2.05, 4.69) is 10.2 Å². The van der Waals surface area contributed by atoms with Gasteiger partial charge in [0.25, 0.3) is 0 Å². The molecule has 2 aromatic rings. The first-order valence-corrected chi connectivity index (χ1v) is 9.05. The van der Waals surface area contributed by atoms with Crippen molar-refractivity contribution in [3.05, 3.63) is 41.7 Å². The van der Waals surface area contributed by atoms with E-state index in [1.165, 1.54) is 16.4 Å². The van der Waals surface area contributed by atoms with E-state index < -0.39 is 15.8 Å². The second-order valence-electron chi connectivity index (χ2n) is 5.74. The molecule has 0 N–H and O–H groups in total. The second kappa shape index (κ2) is 6.58. The maximum Gasteiger partial charge on any atom is 0.243 e. The van der Waals surface area contributed by atoms with Crippen LogP contribution in [0.25, 0.3) is 0 Å². The summed E-state index contributed by atoms with van der Waals surface area (Å²) in [4.78, 5) is 0.0885. The SMILES string of the molecule is COCc1nnc2n1CCN(S(=O)(=O)c1ccc(F)cc1)[C@H](C)C2. The lowest BCUT2D eigenvalue weighted by Crippen LogP contribution is -2.40. The van der Waals surface area contributed by atoms with Crippen LogP contribution < -0.4 is 0 Å². The predicted molar refractivity (Wildman–Crippen MR) is 84.2 cm³/mol. The molecule has 9 heteroatoms. The quantitative estimate of drug-likeness (QED) is 0.824. The van der Waals surface area contributed by atoms with Crippen molar-refractivity contribution < 1.29 is 17.5 Å². The van der Waals surface area contributed by atoms with Gasteiger partial charge in [-0.3, -0.25) is 0 Å². The molecule has 3 rings (SSSR count). The molecule has 1 aromatic carbocycles. The van der Waals surface area contributed by atoms with Crippen molar-refractivity contribution in [2.24, 2.45) is 0 Å². The molecule has 0 saturated carbocycles. The monoisotopic (exact) mass is 354 g/mol. The van der Waals surface area contributed by atoms with Gasteiger partial charge in [-0.1, -0.05) is 0 Å². The number of fused-ring (bicyclic) bond motifs is 1. The number of benzene rings is 1. The third kappa shape index (κ3) is 3.06. The van der Waals surface area contributed by atoms with Gasteiger partial charge in [0.1, 0.15) is 18.2 Å². The lowest BCUT2D eigenvalue weighted by atomic mass is 10.2. The zero-order valence-corrected chi connectivity index (χ0v) is 14.3. The van der Waals surface area contributed by atoms with Gasteiger partial charge in [-0.25, -0.2) is 12.8 Å². The third-order valence-corrected chi connectivity index (χ3v) is 6.14. The number of hydrogen-bond acceptors (Lipinski definition) is 5. The van der Waals surface area contributed by atoms with Crippen molar-refractivity contribution in [2.45, 2.75) is 37.4 Å². The number of ether oxygens (including phenoxy) is 1. The van der Waals surface area contributed by atoms with Gasteiger partial charge in [0, 0.05) is 32.7 Å². The smallest absolute Gasteiger partial charge is 0.243 e. The van der Waals surface area contributed by atoms with Crippen LogP contribution >= 0.6 is 0 Å². The molecule has 0 fully saturated rings. The molecular formula is C15H19FN4O3S. The van der Waals surface area contributed by atoms with Crippen LogP contribution in [0, 0.1) is 5.82 Å². The minimum absolute atomic E-state index is 0.0885. The van der Waals surface area contributed by atoms with Crippen molar-refractivity contribution in [3.8, 4) is 0 Å². The van der Waals surface area contributed by atoms with Gasteiger partial charge >= 0.3 is 0 Å². The van der Waals surface area contributed by atoms with Crippen LogP contribution in [0.1, 0.15) is 18.6 Å². The molecule has 0 aliphatic carbocycles. The van der Waals surface area contributed by atoms with Gasteiger partial charge < -0.3 is 9.30 Å². The maximum absolute atomic E-state index is 13.1. The van der Waals surface area contributed by atoms with Gasteiger partial charge in [0.2, 0.25) is 10.0 Å². The molecule has 7 nitrogen and oxygen atoms in total. The zero-order valence-electron chi connectivity index (χ0n) is 13.5. The van der Waals surface area contributed by atoms with Crippen LogP contribution in [-0.4, -0.2) is 47.2 Å². The van der Waals surface area contributed by atoms with Crippen LogP contribution in [0.2, 0.25) is 0 Å². The maximum atomic E-state index is 13.1. The molecule has 24 heavy (non-hydrogen) atoms. The molecule has 130 valence electrons. The Labute approximate surface area is 140 Å². The van der Waals surface area contributed by atoms with E-state index in [0.717, 1.165) is 18.0 Å². The Morgan fingerprint density at radius 1 is 1.25 bits per heavy atom. The highest BCUT2D eigenvalue weighted by Gasteiger charge is 2.33. The van der Waals surface area contributed by atoms with Crippen molar-refractivity contribution in [1.82, 2.24) is 19.1 Å². The minimum atomic E-state index is -3.70. The highest BCUT2D eigenvalue weighted by atomic mass is 32.2. The number of sulfonamides is 1. The van der Waals surface area contributed by atoms with E-state index in [0.29, 0.717) is 31.9 Å². The zero-order chi connectivity index (χ0) is 17.3. The normalized spacial score (nSPS) is 19.0. The molecule has 0 saturated heterocycles. The average Bonchev–Trinajstić information content (AvgIpc) is 2.81. The van der Waals surface area contributed by atoms with Gasteiger partial charge in [-0.05, 0) is 31.2 Å². The van der Waals surface area contributed by atoms with Gasteiger partial charge in [0.05, 0.1) is 4.90 Å². The topological polar surface area (TPSA) is 77.3 Å². The van der Waals surface area contributed by atoms with E-state index in [9.17, 15) is 12.8 Å². The lowest BCUT2D eigenvalue weighted by molar-refractivity contribution is 0.173. The van der Waals surface area contributed by atoms with Crippen molar-refractivity contribution in [2.75, 3.05) is 13.7 Å². The lowest BCUT2D eigenvalue weighted by Gasteiger charge is -2.25. The predicted octanol–water partition coefficient (Wildman–Crippen LogP) is 1.20. The van der Waals surface area contributed by atoms with Crippen LogP contribution in [0.3, 0.4) is 0 Å². The Bertz CT molecular complexity index is 820. The summed E-state index contributed by atoms with van der Waals surface area (Å²) in [6, 6.07) is 4.61. The summed E-state index contributed by atoms with van der Waals surface area (Å²) >= 11 is 0. The summed E-state index contributed by atoms with van der Waals surface area (Å²) in [5.41, 5.74) is 0. The van der Waals surface area contributed by atoms with E-state index in [-0.39, 0.29) is 10.9 Å². The standard InChI is InChI=1S/C15H19FN4O3S/c1-11-9-14-17-18-15(10-23-2)19(14)7-8-20(11)24(21,22)13-5-3-12(16)4-6-13/h3-6,11H,7-10H2,1-2H3/t11-/m1/s1. The first-order chi connectivity index (χ1) is 11.4. The number of methoxy groups -OCH3 is 1. The highest BCUT2D eigenvalue weighted by Crippen LogP contribution is 2.23. The van der Waals surface area contributed by atoms with E-state index in [4.69, 9.17) is 4.74 Å². The molecule has 1 atom stereocenters. The second-order valence-corrected chi connectivity index (χ2v) is 7.63. The van der Waals surface area contributed by atoms with Crippen LogP contribution in [0.5, 0.6) is 0 Å². The van der Waals surface area contributed by atoms with Crippen LogP contribution in [-0.2, 0) is 34.3 Å². The molecule has 0 spiro atoms. The Balaban J connectivity index is 1.89. The van der Waals surface area contributed by atoms with Crippen LogP contribution in [0.4, 0.5) is 4.39 Å². The molecule has 0 bridgehead atoms. The Hall–Kier alpha value is -1.84. The molecule has 0 unspecified atom stereocenters. The number of hydrogen-bond donors (Lipinski definition) is 0. The van der Waals surface area contributed by atoms with Crippen molar-refractivity contribution in [1.29, 1.82) is 0 Å². The fraction of sp³-hybridized carbons (Fsp3) is 0.467. The fourth-order valence-corrected chi connectivity index (χ4v) is 4.52. The summed E-state index contributed by atoms with van der Waals surface area (Å²) in [7, 11) is -2.12. The molecular weight excluding hydrogens is 335 g/mol. The first-order valence-electron chi connectivity index (χ1n) is 7.61. The average molecular weight is 354 g/mol. The Morgan fingerprint density at radius 3 is 2.62 bits per heavy atom.